The van der Waals surface area contributed by atoms with Crippen molar-refractivity contribution in [2.45, 2.75) is 64.3 Å². The van der Waals surface area contributed by atoms with Gasteiger partial charge in [-0.3, -0.25) is 9.78 Å². The molecule has 0 unspecified atom stereocenters. The van der Waals surface area contributed by atoms with Gasteiger partial charge in [-0.05, 0) is 24.8 Å². The fraction of sp³-hybridized carbons (Fsp3) is 0.464. The number of amides is 4. The summed E-state index contributed by atoms with van der Waals surface area (Å²) in [6.07, 6.45) is 2.82. The normalized spacial score (nSPS) is 12.4. The van der Waals surface area contributed by atoms with Crippen molar-refractivity contribution in [3.05, 3.63) is 68.6 Å². The van der Waals surface area contributed by atoms with Gasteiger partial charge in [0.15, 0.2) is 0 Å². The van der Waals surface area contributed by atoms with Gasteiger partial charge in [0, 0.05) is 37.1 Å². The minimum atomic E-state index is -1.12. The zero-order chi connectivity index (χ0) is 29.6. The summed E-state index contributed by atoms with van der Waals surface area (Å²) in [6, 6.07) is 7.82. The Kier molecular flexibility index (Phi) is 13.0. The van der Waals surface area contributed by atoms with Gasteiger partial charge in [-0.2, -0.15) is 0 Å². The Labute approximate surface area is 248 Å². The molecule has 2 atom stereocenters. The van der Waals surface area contributed by atoms with Crippen LogP contribution >= 0.6 is 22.7 Å². The molecule has 3 aromatic rings. The van der Waals surface area contributed by atoms with E-state index in [-0.39, 0.29) is 19.2 Å². The molecule has 0 saturated heterocycles. The summed E-state index contributed by atoms with van der Waals surface area (Å²) >= 11 is 2.96. The SMILES string of the molecule is CC(C)c1nc(CN(C)C(=O)N[C@@H](CO)C(=O)N[C@H](CCCNC(=O)OCc2cncs2)Cc2ccccc2)cs1. The Hall–Kier alpha value is -3.55. The fourth-order valence-electron chi connectivity index (χ4n) is 3.89. The number of urea groups is 1. The maximum Gasteiger partial charge on any atom is 0.407 e. The molecule has 2 aromatic heterocycles. The fourth-order valence-corrected chi connectivity index (χ4v) is 5.23. The Morgan fingerprint density at radius 1 is 1.12 bits per heavy atom. The predicted octanol–water partition coefficient (Wildman–Crippen LogP) is 3.66. The van der Waals surface area contributed by atoms with Crippen LogP contribution in [-0.4, -0.2) is 70.3 Å². The predicted molar refractivity (Wildman–Crippen MR) is 159 cm³/mol. The average Bonchev–Trinajstić information content (AvgIpc) is 3.66. The van der Waals surface area contributed by atoms with Gasteiger partial charge in [0.2, 0.25) is 5.91 Å². The lowest BCUT2D eigenvalue weighted by atomic mass is 10.0. The maximum atomic E-state index is 13.1. The number of ether oxygens (including phenoxy) is 1. The minimum absolute atomic E-state index is 0.162. The van der Waals surface area contributed by atoms with Crippen LogP contribution in [0.4, 0.5) is 9.59 Å². The number of benzene rings is 1. The van der Waals surface area contributed by atoms with Gasteiger partial charge in [0.1, 0.15) is 12.6 Å². The molecular weight excluding hydrogens is 564 g/mol. The van der Waals surface area contributed by atoms with Crippen LogP contribution in [0.5, 0.6) is 0 Å². The highest BCUT2D eigenvalue weighted by molar-refractivity contribution is 7.09. The van der Waals surface area contributed by atoms with Crippen molar-refractivity contribution in [2.75, 3.05) is 20.2 Å². The molecule has 41 heavy (non-hydrogen) atoms. The second-order valence-electron chi connectivity index (χ2n) is 9.88. The molecule has 4 amide bonds. The van der Waals surface area contributed by atoms with Crippen molar-refractivity contribution in [2.24, 2.45) is 0 Å². The zero-order valence-corrected chi connectivity index (χ0v) is 25.2. The summed E-state index contributed by atoms with van der Waals surface area (Å²) in [7, 11) is 1.61. The van der Waals surface area contributed by atoms with Crippen LogP contribution in [0.25, 0.3) is 0 Å². The summed E-state index contributed by atoms with van der Waals surface area (Å²) in [5, 5.41) is 21.1. The van der Waals surface area contributed by atoms with E-state index in [9.17, 15) is 19.5 Å². The standard InChI is InChI=1S/C28H38N6O5S2/c1-19(2)26-32-22(17-40-26)14-34(3)27(37)33-24(15-35)25(36)31-21(12-20-8-5-4-6-9-20)10-7-11-30-28(38)39-16-23-13-29-18-41-23/h4-6,8-9,13,17-19,21,24,35H,7,10-12,14-16H2,1-3H3,(H,30,38)(H,31,36)(H,33,37)/t21-,24+/m1/s1. The van der Waals surface area contributed by atoms with Crippen LogP contribution in [-0.2, 0) is 29.1 Å². The molecule has 0 spiro atoms. The number of alkyl carbamates (subject to hydrolysis) is 1. The van der Waals surface area contributed by atoms with Crippen LogP contribution in [0.15, 0.2) is 47.4 Å². The average molecular weight is 603 g/mol. The molecule has 0 aliphatic carbocycles. The number of aliphatic hydroxyl groups excluding tert-OH is 1. The number of aromatic nitrogens is 2. The molecule has 0 aliphatic heterocycles. The number of thiazole rings is 2. The van der Waals surface area contributed by atoms with Crippen LogP contribution < -0.4 is 16.0 Å². The van der Waals surface area contributed by atoms with Crippen molar-refractivity contribution in [3.63, 3.8) is 0 Å². The number of nitrogens with zero attached hydrogens (tertiary/aromatic N) is 3. The lowest BCUT2D eigenvalue weighted by molar-refractivity contribution is -0.124. The lowest BCUT2D eigenvalue weighted by Crippen LogP contribution is -2.54. The molecule has 0 bridgehead atoms. The summed E-state index contributed by atoms with van der Waals surface area (Å²) < 4.78 is 5.18. The molecule has 0 fully saturated rings. The Morgan fingerprint density at radius 2 is 1.90 bits per heavy atom. The molecule has 0 saturated carbocycles. The quantitative estimate of drug-likeness (QED) is 0.194. The van der Waals surface area contributed by atoms with E-state index in [0.717, 1.165) is 21.1 Å². The first kappa shape index (κ1) is 32.0. The molecule has 222 valence electrons. The first-order valence-electron chi connectivity index (χ1n) is 13.4. The van der Waals surface area contributed by atoms with Crippen molar-refractivity contribution < 1.29 is 24.2 Å². The van der Waals surface area contributed by atoms with E-state index in [1.54, 1.807) is 30.1 Å². The highest BCUT2D eigenvalue weighted by Crippen LogP contribution is 2.19. The van der Waals surface area contributed by atoms with Crippen molar-refractivity contribution in [1.29, 1.82) is 0 Å². The first-order valence-corrected chi connectivity index (χ1v) is 15.2. The number of nitrogens with one attached hydrogen (secondary N) is 3. The van der Waals surface area contributed by atoms with E-state index in [2.05, 4.69) is 39.8 Å². The highest BCUT2D eigenvalue weighted by Gasteiger charge is 2.24. The van der Waals surface area contributed by atoms with Gasteiger partial charge in [-0.15, -0.1) is 22.7 Å². The lowest BCUT2D eigenvalue weighted by Gasteiger charge is -2.25. The van der Waals surface area contributed by atoms with E-state index in [4.69, 9.17) is 4.74 Å². The number of rotatable bonds is 15. The Balaban J connectivity index is 1.50. The molecule has 1 aromatic carbocycles. The summed E-state index contributed by atoms with van der Waals surface area (Å²) in [5.74, 6) is -0.180. The number of hydrogen-bond acceptors (Lipinski definition) is 9. The summed E-state index contributed by atoms with van der Waals surface area (Å²) in [5.41, 5.74) is 3.47. The molecule has 2 heterocycles. The highest BCUT2D eigenvalue weighted by atomic mass is 32.1. The number of carbonyl (C=O) groups excluding carboxylic acids is 3. The van der Waals surface area contributed by atoms with Crippen molar-refractivity contribution in [3.8, 4) is 0 Å². The van der Waals surface area contributed by atoms with Crippen LogP contribution in [0.1, 0.15) is 53.7 Å². The molecule has 11 nitrogen and oxygen atoms in total. The van der Waals surface area contributed by atoms with Crippen molar-refractivity contribution >= 4 is 40.7 Å². The van der Waals surface area contributed by atoms with Crippen LogP contribution in [0, 0.1) is 0 Å². The second kappa shape index (κ2) is 16.7. The Bertz CT molecular complexity index is 1220. The largest absolute Gasteiger partial charge is 0.444 e. The number of carbonyl (C=O) groups is 3. The smallest absolute Gasteiger partial charge is 0.407 e. The second-order valence-corrected chi connectivity index (χ2v) is 11.7. The number of hydrogen-bond donors (Lipinski definition) is 4. The van der Waals surface area contributed by atoms with E-state index < -0.39 is 30.7 Å². The molecule has 4 N–H and O–H groups in total. The van der Waals surface area contributed by atoms with E-state index in [1.807, 2.05) is 35.7 Å². The van der Waals surface area contributed by atoms with Gasteiger partial charge in [0.25, 0.3) is 0 Å². The summed E-state index contributed by atoms with van der Waals surface area (Å²) in [4.78, 5) is 48.6. The third-order valence-corrected chi connectivity index (χ3v) is 8.05. The van der Waals surface area contributed by atoms with Gasteiger partial charge in [-0.25, -0.2) is 14.6 Å². The topological polar surface area (TPSA) is 146 Å². The Morgan fingerprint density at radius 3 is 2.56 bits per heavy atom. The monoisotopic (exact) mass is 602 g/mol. The van der Waals surface area contributed by atoms with E-state index in [0.29, 0.717) is 31.7 Å². The van der Waals surface area contributed by atoms with Crippen LogP contribution in [0.3, 0.4) is 0 Å². The van der Waals surface area contributed by atoms with Gasteiger partial charge < -0.3 is 30.7 Å². The number of aliphatic hydroxyl groups is 1. The molecule has 0 aliphatic rings. The van der Waals surface area contributed by atoms with Crippen molar-refractivity contribution in [1.82, 2.24) is 30.8 Å². The molecule has 13 heteroatoms. The van der Waals surface area contributed by atoms with Gasteiger partial charge in [-0.1, -0.05) is 44.2 Å². The van der Waals surface area contributed by atoms with Gasteiger partial charge >= 0.3 is 12.1 Å². The first-order chi connectivity index (χ1) is 19.7. The zero-order valence-electron chi connectivity index (χ0n) is 23.5. The molecule has 0 radical (unpaired) electrons. The summed E-state index contributed by atoms with van der Waals surface area (Å²) in [6.45, 7) is 4.38. The van der Waals surface area contributed by atoms with E-state index >= 15 is 0 Å². The van der Waals surface area contributed by atoms with Crippen LogP contribution in [0.2, 0.25) is 0 Å². The third-order valence-electron chi connectivity index (χ3n) is 6.11. The third kappa shape index (κ3) is 11.1. The maximum absolute atomic E-state index is 13.1. The van der Waals surface area contributed by atoms with E-state index in [1.165, 1.54) is 16.2 Å². The minimum Gasteiger partial charge on any atom is -0.444 e. The molecule has 3 rings (SSSR count). The van der Waals surface area contributed by atoms with Gasteiger partial charge in [0.05, 0.1) is 34.2 Å². The molecular formula is C28H38N6O5S2.